The topological polar surface area (TPSA) is 102 Å². The van der Waals surface area contributed by atoms with E-state index in [-0.39, 0.29) is 13.0 Å². The molecule has 15 heavy (non-hydrogen) atoms. The van der Waals surface area contributed by atoms with Crippen molar-refractivity contribution in [2.75, 3.05) is 13.7 Å². The summed E-state index contributed by atoms with van der Waals surface area (Å²) in [4.78, 5) is 22.1. The van der Waals surface area contributed by atoms with Crippen LogP contribution >= 0.6 is 0 Å². The predicted molar refractivity (Wildman–Crippen MR) is 54.3 cm³/mol. The van der Waals surface area contributed by atoms with Gasteiger partial charge in [-0.3, -0.25) is 4.79 Å². The molecule has 0 heterocycles. The standard InChI is InChI=1S/C9H18N2O4/c1-3-6(10)8(12)11-7(9(13)14)4-5-15-2/h6-7H,3-5,10H2,1-2H3,(H,11,12)(H,13,14)/t6-,7?/m1/s1. The summed E-state index contributed by atoms with van der Waals surface area (Å²) in [6.07, 6.45) is 0.705. The number of carboxylic acid groups (broad SMARTS) is 1. The zero-order valence-electron chi connectivity index (χ0n) is 9.03. The first-order valence-electron chi connectivity index (χ1n) is 4.80. The lowest BCUT2D eigenvalue weighted by Gasteiger charge is -2.16. The van der Waals surface area contributed by atoms with Gasteiger partial charge in [-0.2, -0.15) is 0 Å². The number of amides is 1. The van der Waals surface area contributed by atoms with Gasteiger partial charge in [0.25, 0.3) is 0 Å². The monoisotopic (exact) mass is 218 g/mol. The number of hydrogen-bond acceptors (Lipinski definition) is 4. The minimum Gasteiger partial charge on any atom is -0.480 e. The smallest absolute Gasteiger partial charge is 0.326 e. The van der Waals surface area contributed by atoms with Crippen LogP contribution in [0.1, 0.15) is 19.8 Å². The van der Waals surface area contributed by atoms with Crippen molar-refractivity contribution in [1.29, 1.82) is 0 Å². The predicted octanol–water partition coefficient (Wildman–Crippen LogP) is -0.670. The summed E-state index contributed by atoms with van der Waals surface area (Å²) in [5.41, 5.74) is 5.46. The summed E-state index contributed by atoms with van der Waals surface area (Å²) in [6.45, 7) is 2.04. The van der Waals surface area contributed by atoms with Gasteiger partial charge in [-0.15, -0.1) is 0 Å². The van der Waals surface area contributed by atoms with Crippen molar-refractivity contribution < 1.29 is 19.4 Å². The third-order valence-corrected chi connectivity index (χ3v) is 2.00. The van der Waals surface area contributed by atoms with Crippen molar-refractivity contribution in [3.63, 3.8) is 0 Å². The summed E-state index contributed by atoms with van der Waals surface area (Å²) < 4.78 is 4.74. The van der Waals surface area contributed by atoms with Gasteiger partial charge in [-0.05, 0) is 6.42 Å². The van der Waals surface area contributed by atoms with E-state index in [1.54, 1.807) is 6.92 Å². The molecule has 0 bridgehead atoms. The highest BCUT2D eigenvalue weighted by molar-refractivity contribution is 5.86. The highest BCUT2D eigenvalue weighted by atomic mass is 16.5. The average Bonchev–Trinajstić information content (AvgIpc) is 2.22. The van der Waals surface area contributed by atoms with Crippen molar-refractivity contribution in [3.8, 4) is 0 Å². The number of rotatable bonds is 7. The molecule has 1 unspecified atom stereocenters. The number of carbonyl (C=O) groups is 2. The number of hydrogen-bond donors (Lipinski definition) is 3. The molecule has 0 aromatic rings. The molecule has 0 fully saturated rings. The van der Waals surface area contributed by atoms with E-state index in [0.717, 1.165) is 0 Å². The van der Waals surface area contributed by atoms with Crippen LogP contribution in [0.4, 0.5) is 0 Å². The molecular weight excluding hydrogens is 200 g/mol. The quantitative estimate of drug-likeness (QED) is 0.526. The maximum Gasteiger partial charge on any atom is 0.326 e. The third kappa shape index (κ3) is 5.34. The van der Waals surface area contributed by atoms with E-state index in [0.29, 0.717) is 6.42 Å². The van der Waals surface area contributed by atoms with Crippen LogP contribution in [0.25, 0.3) is 0 Å². The van der Waals surface area contributed by atoms with E-state index in [1.807, 2.05) is 0 Å². The molecule has 0 rings (SSSR count). The van der Waals surface area contributed by atoms with Gasteiger partial charge in [0.2, 0.25) is 5.91 Å². The molecule has 6 nitrogen and oxygen atoms in total. The molecule has 0 saturated heterocycles. The van der Waals surface area contributed by atoms with Crippen LogP contribution < -0.4 is 11.1 Å². The summed E-state index contributed by atoms with van der Waals surface area (Å²) in [6, 6.07) is -1.59. The molecule has 88 valence electrons. The van der Waals surface area contributed by atoms with Crippen molar-refractivity contribution in [2.45, 2.75) is 31.8 Å². The van der Waals surface area contributed by atoms with Gasteiger partial charge in [-0.25, -0.2) is 4.79 Å². The van der Waals surface area contributed by atoms with Gasteiger partial charge < -0.3 is 20.9 Å². The fraction of sp³-hybridized carbons (Fsp3) is 0.778. The van der Waals surface area contributed by atoms with Crippen LogP contribution in [0, 0.1) is 0 Å². The average molecular weight is 218 g/mol. The number of carbonyl (C=O) groups excluding carboxylic acids is 1. The Morgan fingerprint density at radius 3 is 2.53 bits per heavy atom. The Hall–Kier alpha value is -1.14. The van der Waals surface area contributed by atoms with Crippen LogP contribution in [-0.4, -0.2) is 42.8 Å². The largest absolute Gasteiger partial charge is 0.480 e. The Morgan fingerprint density at radius 1 is 1.53 bits per heavy atom. The second-order valence-corrected chi connectivity index (χ2v) is 3.20. The lowest BCUT2D eigenvalue weighted by Crippen LogP contribution is -2.48. The van der Waals surface area contributed by atoms with Crippen LogP contribution in [0.2, 0.25) is 0 Å². The van der Waals surface area contributed by atoms with Gasteiger partial charge in [0.05, 0.1) is 6.04 Å². The van der Waals surface area contributed by atoms with Gasteiger partial charge in [0.15, 0.2) is 0 Å². The number of aliphatic carboxylic acids is 1. The SMILES string of the molecule is CC[C@@H](N)C(=O)NC(CCOC)C(=O)O. The molecule has 0 aliphatic rings. The van der Waals surface area contributed by atoms with E-state index in [2.05, 4.69) is 5.32 Å². The summed E-state index contributed by atoms with van der Waals surface area (Å²) >= 11 is 0. The summed E-state index contributed by atoms with van der Waals surface area (Å²) in [5, 5.41) is 11.2. The number of carboxylic acids is 1. The molecule has 0 saturated carbocycles. The van der Waals surface area contributed by atoms with E-state index in [1.165, 1.54) is 7.11 Å². The van der Waals surface area contributed by atoms with Crippen molar-refractivity contribution in [2.24, 2.45) is 5.73 Å². The Labute approximate surface area is 88.8 Å². The molecule has 0 aliphatic carbocycles. The third-order valence-electron chi connectivity index (χ3n) is 2.00. The molecule has 0 aromatic carbocycles. The Bertz CT molecular complexity index is 220. The van der Waals surface area contributed by atoms with Gasteiger partial charge >= 0.3 is 5.97 Å². The van der Waals surface area contributed by atoms with E-state index in [4.69, 9.17) is 15.6 Å². The molecule has 0 aliphatic heterocycles. The summed E-state index contributed by atoms with van der Waals surface area (Å²) in [7, 11) is 1.47. The molecule has 6 heteroatoms. The highest BCUT2D eigenvalue weighted by Crippen LogP contribution is 1.95. The first kappa shape index (κ1) is 13.9. The maximum absolute atomic E-state index is 11.3. The molecule has 4 N–H and O–H groups in total. The Kier molecular flexibility index (Phi) is 6.64. The maximum atomic E-state index is 11.3. The lowest BCUT2D eigenvalue weighted by molar-refractivity contribution is -0.142. The van der Waals surface area contributed by atoms with Gasteiger partial charge in [-0.1, -0.05) is 6.92 Å². The fourth-order valence-electron chi connectivity index (χ4n) is 0.957. The molecular formula is C9H18N2O4. The molecule has 2 atom stereocenters. The summed E-state index contributed by atoms with van der Waals surface area (Å²) in [5.74, 6) is -1.52. The normalized spacial score (nSPS) is 14.3. The van der Waals surface area contributed by atoms with Crippen molar-refractivity contribution in [3.05, 3.63) is 0 Å². The second-order valence-electron chi connectivity index (χ2n) is 3.20. The second kappa shape index (κ2) is 7.19. The zero-order chi connectivity index (χ0) is 11.8. The molecule has 0 radical (unpaired) electrons. The minimum atomic E-state index is -1.08. The number of ether oxygens (including phenoxy) is 1. The van der Waals surface area contributed by atoms with Crippen LogP contribution in [0.15, 0.2) is 0 Å². The van der Waals surface area contributed by atoms with Crippen LogP contribution in [0.3, 0.4) is 0 Å². The van der Waals surface area contributed by atoms with Crippen molar-refractivity contribution >= 4 is 11.9 Å². The van der Waals surface area contributed by atoms with Crippen LogP contribution in [-0.2, 0) is 14.3 Å². The van der Waals surface area contributed by atoms with Crippen LogP contribution in [0.5, 0.6) is 0 Å². The first-order valence-corrected chi connectivity index (χ1v) is 4.80. The first-order chi connectivity index (χ1) is 7.02. The van der Waals surface area contributed by atoms with E-state index >= 15 is 0 Å². The molecule has 1 amide bonds. The Morgan fingerprint density at radius 2 is 2.13 bits per heavy atom. The van der Waals surface area contributed by atoms with E-state index < -0.39 is 24.0 Å². The van der Waals surface area contributed by atoms with E-state index in [9.17, 15) is 9.59 Å². The highest BCUT2D eigenvalue weighted by Gasteiger charge is 2.21. The molecule has 0 aromatic heterocycles. The van der Waals surface area contributed by atoms with Crippen molar-refractivity contribution in [1.82, 2.24) is 5.32 Å². The number of methoxy groups -OCH3 is 1. The number of nitrogens with one attached hydrogen (secondary N) is 1. The van der Waals surface area contributed by atoms with Gasteiger partial charge in [0.1, 0.15) is 6.04 Å². The van der Waals surface area contributed by atoms with Gasteiger partial charge in [0, 0.05) is 20.1 Å². The lowest BCUT2D eigenvalue weighted by atomic mass is 10.1. The molecule has 0 spiro atoms. The minimum absolute atomic E-state index is 0.230. The fourth-order valence-corrected chi connectivity index (χ4v) is 0.957. The number of nitrogens with two attached hydrogens (primary N) is 1. The Balaban J connectivity index is 4.16. The zero-order valence-corrected chi connectivity index (χ0v) is 9.03.